The standard InChI is InChI=1S/C25H17Cl3N2O4/c26-15-6-4-13(5-7-15)19-12-21(31)29-22(14-2-1-3-16(27)10-14)25(19)18-9-8-17(28)11-20(18)30(23(25)32)24(33)34/h1-11,19,22H,12H2,(H,29,31)(H,33,34). The van der Waals surface area contributed by atoms with Gasteiger partial charge < -0.3 is 10.4 Å². The minimum absolute atomic E-state index is 0.0278. The van der Waals surface area contributed by atoms with Crippen molar-refractivity contribution in [1.29, 1.82) is 0 Å². The number of fused-ring (bicyclic) bond motifs is 2. The highest BCUT2D eigenvalue weighted by Crippen LogP contribution is 2.59. The molecule has 1 fully saturated rings. The van der Waals surface area contributed by atoms with Crippen LogP contribution in [0.3, 0.4) is 0 Å². The number of benzene rings is 3. The van der Waals surface area contributed by atoms with Gasteiger partial charge in [-0.05, 0) is 53.1 Å². The number of piperidine rings is 1. The largest absolute Gasteiger partial charge is 0.464 e. The molecule has 0 aliphatic carbocycles. The van der Waals surface area contributed by atoms with Gasteiger partial charge in [0.15, 0.2) is 0 Å². The zero-order valence-corrected chi connectivity index (χ0v) is 19.7. The monoisotopic (exact) mass is 514 g/mol. The van der Waals surface area contributed by atoms with Crippen LogP contribution in [0, 0.1) is 0 Å². The number of carboxylic acid groups (broad SMARTS) is 1. The first kappa shape index (κ1) is 22.7. The van der Waals surface area contributed by atoms with E-state index in [0.29, 0.717) is 26.7 Å². The molecule has 3 aromatic carbocycles. The smallest absolute Gasteiger partial charge is 0.418 e. The summed E-state index contributed by atoms with van der Waals surface area (Å²) in [5.41, 5.74) is 0.445. The van der Waals surface area contributed by atoms with Crippen molar-refractivity contribution in [3.8, 4) is 0 Å². The summed E-state index contributed by atoms with van der Waals surface area (Å²) in [4.78, 5) is 40.2. The van der Waals surface area contributed by atoms with Crippen molar-refractivity contribution in [2.45, 2.75) is 23.8 Å². The van der Waals surface area contributed by atoms with Gasteiger partial charge in [0.2, 0.25) is 11.8 Å². The molecule has 2 aliphatic heterocycles. The van der Waals surface area contributed by atoms with E-state index in [1.807, 2.05) is 0 Å². The molecule has 0 aromatic heterocycles. The Morgan fingerprint density at radius 2 is 1.59 bits per heavy atom. The lowest BCUT2D eigenvalue weighted by Gasteiger charge is -2.46. The number of carbonyl (C=O) groups is 3. The van der Waals surface area contributed by atoms with E-state index in [9.17, 15) is 19.5 Å². The van der Waals surface area contributed by atoms with Crippen LogP contribution in [-0.4, -0.2) is 23.0 Å². The average molecular weight is 516 g/mol. The molecule has 1 spiro atoms. The topological polar surface area (TPSA) is 86.7 Å². The molecule has 1 saturated heterocycles. The molecule has 2 aliphatic rings. The molecule has 0 radical (unpaired) electrons. The van der Waals surface area contributed by atoms with Crippen LogP contribution in [0.2, 0.25) is 15.1 Å². The maximum absolute atomic E-state index is 14.2. The Bertz CT molecular complexity index is 1340. The second-order valence-corrected chi connectivity index (χ2v) is 9.63. The van der Waals surface area contributed by atoms with Crippen molar-refractivity contribution in [2.24, 2.45) is 0 Å². The number of rotatable bonds is 2. The summed E-state index contributed by atoms with van der Waals surface area (Å²) in [6.07, 6.45) is -1.46. The van der Waals surface area contributed by atoms with Crippen LogP contribution in [0.5, 0.6) is 0 Å². The quantitative estimate of drug-likeness (QED) is 0.441. The fourth-order valence-corrected chi connectivity index (χ4v) is 5.74. The maximum atomic E-state index is 14.2. The molecule has 172 valence electrons. The minimum atomic E-state index is -1.47. The highest BCUT2D eigenvalue weighted by molar-refractivity contribution is 6.32. The predicted octanol–water partition coefficient (Wildman–Crippen LogP) is 5.95. The average Bonchev–Trinajstić information content (AvgIpc) is 3.04. The van der Waals surface area contributed by atoms with Crippen molar-refractivity contribution >= 4 is 58.4 Å². The van der Waals surface area contributed by atoms with Crippen LogP contribution < -0.4 is 10.2 Å². The normalized spacial score (nSPS) is 23.7. The Morgan fingerprint density at radius 1 is 0.912 bits per heavy atom. The lowest BCUT2D eigenvalue weighted by atomic mass is 9.59. The molecule has 9 heteroatoms. The molecular weight excluding hydrogens is 499 g/mol. The summed E-state index contributed by atoms with van der Waals surface area (Å²) in [7, 11) is 0. The molecule has 6 nitrogen and oxygen atoms in total. The molecule has 5 rings (SSSR count). The van der Waals surface area contributed by atoms with Crippen LogP contribution in [0.25, 0.3) is 0 Å². The van der Waals surface area contributed by atoms with E-state index in [4.69, 9.17) is 34.8 Å². The van der Waals surface area contributed by atoms with E-state index in [1.165, 1.54) is 6.07 Å². The highest BCUT2D eigenvalue weighted by Gasteiger charge is 2.64. The van der Waals surface area contributed by atoms with Crippen molar-refractivity contribution in [3.63, 3.8) is 0 Å². The van der Waals surface area contributed by atoms with E-state index < -0.39 is 29.4 Å². The molecule has 3 aromatic rings. The molecule has 0 bridgehead atoms. The Hall–Kier alpha value is -3.06. The summed E-state index contributed by atoms with van der Waals surface area (Å²) in [5.74, 6) is -1.62. The van der Waals surface area contributed by atoms with Crippen molar-refractivity contribution in [3.05, 3.63) is 98.5 Å². The Labute approximate surface area is 210 Å². The van der Waals surface area contributed by atoms with E-state index in [0.717, 1.165) is 4.90 Å². The van der Waals surface area contributed by atoms with Crippen LogP contribution >= 0.6 is 34.8 Å². The number of hydrogen-bond donors (Lipinski definition) is 2. The Kier molecular flexibility index (Phi) is 5.55. The number of hydrogen-bond acceptors (Lipinski definition) is 3. The van der Waals surface area contributed by atoms with Gasteiger partial charge in [-0.3, -0.25) is 9.59 Å². The van der Waals surface area contributed by atoms with Crippen LogP contribution in [0.1, 0.15) is 35.1 Å². The summed E-state index contributed by atoms with van der Waals surface area (Å²) >= 11 is 18.6. The molecule has 0 saturated carbocycles. The van der Waals surface area contributed by atoms with Gasteiger partial charge in [-0.25, -0.2) is 9.69 Å². The first-order valence-corrected chi connectivity index (χ1v) is 11.5. The number of halogens is 3. The summed E-state index contributed by atoms with van der Waals surface area (Å²) in [6, 6.07) is 17.6. The third-order valence-corrected chi connectivity index (χ3v) is 7.27. The fourth-order valence-electron chi connectivity index (χ4n) is 5.24. The van der Waals surface area contributed by atoms with Crippen LogP contribution in [0.15, 0.2) is 66.7 Å². The third-order valence-electron chi connectivity index (χ3n) is 6.55. The summed E-state index contributed by atoms with van der Waals surface area (Å²) < 4.78 is 0. The first-order chi connectivity index (χ1) is 16.2. The Balaban J connectivity index is 1.86. The SMILES string of the molecule is O=C1CC(c2ccc(Cl)cc2)C2(C(=O)N(C(=O)O)c3cc(Cl)ccc32)C(c2cccc(Cl)c2)N1. The van der Waals surface area contributed by atoms with Gasteiger partial charge in [-0.1, -0.05) is 65.1 Å². The van der Waals surface area contributed by atoms with Crippen LogP contribution in [-0.2, 0) is 15.0 Å². The molecule has 2 N–H and O–H groups in total. The van der Waals surface area contributed by atoms with Crippen molar-refractivity contribution < 1.29 is 19.5 Å². The number of anilines is 1. The second kappa shape index (κ2) is 8.31. The van der Waals surface area contributed by atoms with Gasteiger partial charge in [-0.2, -0.15) is 0 Å². The lowest BCUT2D eigenvalue weighted by molar-refractivity contribution is -0.132. The van der Waals surface area contributed by atoms with E-state index in [2.05, 4.69) is 5.32 Å². The fraction of sp³-hybridized carbons (Fsp3) is 0.160. The maximum Gasteiger partial charge on any atom is 0.418 e. The summed E-state index contributed by atoms with van der Waals surface area (Å²) in [6.45, 7) is 0. The molecule has 3 atom stereocenters. The summed E-state index contributed by atoms with van der Waals surface area (Å²) in [5, 5.41) is 14.2. The zero-order valence-electron chi connectivity index (χ0n) is 17.5. The van der Waals surface area contributed by atoms with Gasteiger partial charge in [0.1, 0.15) is 5.41 Å². The number of amides is 3. The van der Waals surface area contributed by atoms with Crippen molar-refractivity contribution in [1.82, 2.24) is 5.32 Å². The van der Waals surface area contributed by atoms with Gasteiger partial charge >= 0.3 is 6.09 Å². The molecular formula is C25H17Cl3N2O4. The van der Waals surface area contributed by atoms with Crippen molar-refractivity contribution in [2.75, 3.05) is 4.90 Å². The molecule has 3 amide bonds. The number of imide groups is 1. The predicted molar refractivity (Wildman–Crippen MR) is 130 cm³/mol. The molecule has 3 unspecified atom stereocenters. The Morgan fingerprint density at radius 3 is 2.26 bits per heavy atom. The minimum Gasteiger partial charge on any atom is -0.464 e. The highest BCUT2D eigenvalue weighted by atomic mass is 35.5. The van der Waals surface area contributed by atoms with E-state index >= 15 is 0 Å². The second-order valence-electron chi connectivity index (χ2n) is 8.32. The first-order valence-electron chi connectivity index (χ1n) is 10.4. The number of carbonyl (C=O) groups excluding carboxylic acids is 2. The van der Waals surface area contributed by atoms with Gasteiger partial charge in [0.05, 0.1) is 11.7 Å². The van der Waals surface area contributed by atoms with Crippen LogP contribution in [0.4, 0.5) is 10.5 Å². The van der Waals surface area contributed by atoms with Gasteiger partial charge in [0.25, 0.3) is 0 Å². The van der Waals surface area contributed by atoms with E-state index in [-0.39, 0.29) is 23.0 Å². The lowest BCUT2D eigenvalue weighted by Crippen LogP contribution is -2.58. The number of nitrogens with one attached hydrogen (secondary N) is 1. The molecule has 34 heavy (non-hydrogen) atoms. The van der Waals surface area contributed by atoms with Gasteiger partial charge in [0, 0.05) is 27.4 Å². The molecule has 2 heterocycles. The third kappa shape index (κ3) is 3.36. The van der Waals surface area contributed by atoms with E-state index in [1.54, 1.807) is 60.7 Å². The number of nitrogens with zero attached hydrogens (tertiary/aromatic N) is 1. The van der Waals surface area contributed by atoms with Gasteiger partial charge in [-0.15, -0.1) is 0 Å². The zero-order chi connectivity index (χ0) is 24.2.